The van der Waals surface area contributed by atoms with Crippen molar-refractivity contribution in [3.05, 3.63) is 94.7 Å². The summed E-state index contributed by atoms with van der Waals surface area (Å²) in [7, 11) is 0. The van der Waals surface area contributed by atoms with Crippen molar-refractivity contribution in [2.75, 3.05) is 6.54 Å². The number of nitrogens with zero attached hydrogens (tertiary/aromatic N) is 1. The Kier molecular flexibility index (Phi) is 4.24. The van der Waals surface area contributed by atoms with Gasteiger partial charge in [-0.1, -0.05) is 71.8 Å². The topological polar surface area (TPSA) is 36.1 Å². The number of rotatable bonds is 3. The molecule has 1 aliphatic heterocycles. The SMILES string of the molecule is Cc1ccc(-c2cccc3[nH]c4c(c23)CCN(C=O)C4c2ccc(C)cc2)cc1. The van der Waals surface area contributed by atoms with E-state index in [1.54, 1.807) is 0 Å². The molecule has 1 aliphatic rings. The summed E-state index contributed by atoms with van der Waals surface area (Å²) >= 11 is 0. The molecule has 0 saturated heterocycles. The van der Waals surface area contributed by atoms with Gasteiger partial charge >= 0.3 is 0 Å². The number of aryl methyl sites for hydroxylation is 2. The zero-order valence-corrected chi connectivity index (χ0v) is 16.8. The second-order valence-electron chi connectivity index (χ2n) is 8.02. The number of amides is 1. The number of nitrogens with one attached hydrogen (secondary N) is 1. The largest absolute Gasteiger partial charge is 0.356 e. The first kappa shape index (κ1) is 17.7. The van der Waals surface area contributed by atoms with Gasteiger partial charge in [-0.05, 0) is 48.6 Å². The van der Waals surface area contributed by atoms with Gasteiger partial charge in [0.15, 0.2) is 0 Å². The van der Waals surface area contributed by atoms with Crippen LogP contribution in [-0.4, -0.2) is 22.8 Å². The molecule has 144 valence electrons. The third kappa shape index (κ3) is 2.94. The van der Waals surface area contributed by atoms with Crippen molar-refractivity contribution in [1.82, 2.24) is 9.88 Å². The highest BCUT2D eigenvalue weighted by atomic mass is 16.1. The summed E-state index contributed by atoms with van der Waals surface area (Å²) in [5.74, 6) is 0. The highest BCUT2D eigenvalue weighted by Crippen LogP contribution is 2.41. The lowest BCUT2D eigenvalue weighted by atomic mass is 9.90. The summed E-state index contributed by atoms with van der Waals surface area (Å²) in [6.45, 7) is 4.93. The van der Waals surface area contributed by atoms with Crippen LogP contribution in [0, 0.1) is 13.8 Å². The third-order valence-corrected chi connectivity index (χ3v) is 6.08. The van der Waals surface area contributed by atoms with E-state index in [9.17, 15) is 4.79 Å². The summed E-state index contributed by atoms with van der Waals surface area (Å²) in [4.78, 5) is 17.4. The van der Waals surface area contributed by atoms with Crippen molar-refractivity contribution in [1.29, 1.82) is 0 Å². The van der Waals surface area contributed by atoms with E-state index in [-0.39, 0.29) is 6.04 Å². The lowest BCUT2D eigenvalue weighted by Crippen LogP contribution is -2.35. The molecular formula is C26H24N2O. The Morgan fingerprint density at radius 1 is 0.931 bits per heavy atom. The van der Waals surface area contributed by atoms with E-state index in [1.807, 2.05) is 4.90 Å². The minimum absolute atomic E-state index is 0.0740. The molecule has 0 radical (unpaired) electrons. The number of H-pyrrole nitrogens is 1. The smallest absolute Gasteiger partial charge is 0.210 e. The molecule has 0 fully saturated rings. The summed E-state index contributed by atoms with van der Waals surface area (Å²) in [5, 5.41) is 1.29. The Bertz CT molecular complexity index is 1190. The molecule has 2 heterocycles. The Hall–Kier alpha value is -3.33. The summed E-state index contributed by atoms with van der Waals surface area (Å²) in [5.41, 5.74) is 9.72. The molecule has 3 heteroatoms. The van der Waals surface area contributed by atoms with Crippen molar-refractivity contribution in [3.63, 3.8) is 0 Å². The fraction of sp³-hybridized carbons (Fsp3) is 0.192. The van der Waals surface area contributed by atoms with Gasteiger partial charge < -0.3 is 9.88 Å². The summed E-state index contributed by atoms with van der Waals surface area (Å²) < 4.78 is 0. The molecule has 0 bridgehead atoms. The minimum atomic E-state index is -0.0740. The maximum Gasteiger partial charge on any atom is 0.210 e. The van der Waals surface area contributed by atoms with Gasteiger partial charge in [-0.25, -0.2) is 0 Å². The molecule has 1 unspecified atom stereocenters. The highest BCUT2D eigenvalue weighted by molar-refractivity contribution is 5.99. The first-order valence-electron chi connectivity index (χ1n) is 10.1. The summed E-state index contributed by atoms with van der Waals surface area (Å²) in [6, 6.07) is 23.6. The molecule has 5 rings (SSSR count). The van der Waals surface area contributed by atoms with Gasteiger partial charge in [0.1, 0.15) is 0 Å². The molecule has 0 spiro atoms. The molecule has 29 heavy (non-hydrogen) atoms. The van der Waals surface area contributed by atoms with E-state index in [2.05, 4.69) is 85.6 Å². The van der Waals surface area contributed by atoms with E-state index < -0.39 is 0 Å². The molecule has 1 aromatic heterocycles. The zero-order valence-electron chi connectivity index (χ0n) is 16.8. The van der Waals surface area contributed by atoms with Crippen LogP contribution in [0.25, 0.3) is 22.0 Å². The molecule has 3 nitrogen and oxygen atoms in total. The average molecular weight is 380 g/mol. The quantitative estimate of drug-likeness (QED) is 0.464. The van der Waals surface area contributed by atoms with Crippen molar-refractivity contribution in [3.8, 4) is 11.1 Å². The van der Waals surface area contributed by atoms with E-state index in [1.165, 1.54) is 33.2 Å². The molecule has 1 amide bonds. The molecule has 4 aromatic rings. The second kappa shape index (κ2) is 6.93. The average Bonchev–Trinajstić information content (AvgIpc) is 3.13. The van der Waals surface area contributed by atoms with Crippen LogP contribution in [0.5, 0.6) is 0 Å². The third-order valence-electron chi connectivity index (χ3n) is 6.08. The van der Waals surface area contributed by atoms with Crippen LogP contribution in [-0.2, 0) is 11.2 Å². The number of carbonyl (C=O) groups is 1. The number of hydrogen-bond acceptors (Lipinski definition) is 1. The minimum Gasteiger partial charge on any atom is -0.356 e. The van der Waals surface area contributed by atoms with Crippen LogP contribution in [0.2, 0.25) is 0 Å². The van der Waals surface area contributed by atoms with Gasteiger partial charge in [0.2, 0.25) is 6.41 Å². The fourth-order valence-corrected chi connectivity index (χ4v) is 4.56. The van der Waals surface area contributed by atoms with Crippen molar-refractivity contribution in [2.45, 2.75) is 26.3 Å². The monoisotopic (exact) mass is 380 g/mol. The normalized spacial score (nSPS) is 16.1. The van der Waals surface area contributed by atoms with Crippen LogP contribution in [0.4, 0.5) is 0 Å². The Labute approximate surface area is 171 Å². The first-order valence-corrected chi connectivity index (χ1v) is 10.1. The maximum absolute atomic E-state index is 11.9. The lowest BCUT2D eigenvalue weighted by molar-refractivity contribution is -0.120. The Morgan fingerprint density at radius 2 is 1.62 bits per heavy atom. The molecular weight excluding hydrogens is 356 g/mol. The molecule has 1 atom stereocenters. The van der Waals surface area contributed by atoms with Gasteiger partial charge in [-0.15, -0.1) is 0 Å². The van der Waals surface area contributed by atoms with E-state index in [0.29, 0.717) is 0 Å². The standard InChI is InChI=1S/C26H24N2O/c1-17-6-10-19(11-7-17)21-4-3-5-23-24(21)22-14-15-28(16-29)26(25(22)27-23)20-12-8-18(2)9-13-20/h3-13,16,26-27H,14-15H2,1-2H3. The number of aromatic amines is 1. The first-order chi connectivity index (χ1) is 14.2. The number of hydrogen-bond donors (Lipinski definition) is 1. The number of fused-ring (bicyclic) bond motifs is 3. The van der Waals surface area contributed by atoms with Crippen molar-refractivity contribution in [2.24, 2.45) is 0 Å². The highest BCUT2D eigenvalue weighted by Gasteiger charge is 2.31. The maximum atomic E-state index is 11.9. The van der Waals surface area contributed by atoms with E-state index in [0.717, 1.165) is 36.1 Å². The van der Waals surface area contributed by atoms with Crippen LogP contribution in [0.1, 0.15) is 34.0 Å². The second-order valence-corrected chi connectivity index (χ2v) is 8.02. The van der Waals surface area contributed by atoms with Crippen molar-refractivity contribution < 1.29 is 4.79 Å². The van der Waals surface area contributed by atoms with Crippen LogP contribution in [0.15, 0.2) is 66.7 Å². The van der Waals surface area contributed by atoms with E-state index in [4.69, 9.17) is 0 Å². The fourth-order valence-electron chi connectivity index (χ4n) is 4.56. The van der Waals surface area contributed by atoms with Gasteiger partial charge in [0.25, 0.3) is 0 Å². The zero-order chi connectivity index (χ0) is 20.0. The van der Waals surface area contributed by atoms with Crippen LogP contribution < -0.4 is 0 Å². The van der Waals surface area contributed by atoms with Gasteiger partial charge in [0, 0.05) is 23.1 Å². The predicted molar refractivity (Wildman–Crippen MR) is 118 cm³/mol. The molecule has 0 saturated carbocycles. The van der Waals surface area contributed by atoms with Crippen LogP contribution >= 0.6 is 0 Å². The number of carbonyl (C=O) groups excluding carboxylic acids is 1. The van der Waals surface area contributed by atoms with Crippen molar-refractivity contribution >= 4 is 17.3 Å². The predicted octanol–water partition coefficient (Wildman–Crippen LogP) is 5.56. The van der Waals surface area contributed by atoms with Gasteiger partial charge in [-0.3, -0.25) is 4.79 Å². The van der Waals surface area contributed by atoms with Gasteiger partial charge in [-0.2, -0.15) is 0 Å². The molecule has 0 aliphatic carbocycles. The number of benzene rings is 3. The lowest BCUT2D eigenvalue weighted by Gasteiger charge is -2.33. The van der Waals surface area contributed by atoms with Gasteiger partial charge in [0.05, 0.1) is 6.04 Å². The Balaban J connectivity index is 1.73. The summed E-state index contributed by atoms with van der Waals surface area (Å²) in [6.07, 6.45) is 1.85. The number of aromatic nitrogens is 1. The Morgan fingerprint density at radius 3 is 2.31 bits per heavy atom. The van der Waals surface area contributed by atoms with Crippen LogP contribution in [0.3, 0.4) is 0 Å². The molecule has 3 aromatic carbocycles. The van der Waals surface area contributed by atoms with E-state index >= 15 is 0 Å². The molecule has 1 N–H and O–H groups in total.